The van der Waals surface area contributed by atoms with E-state index in [2.05, 4.69) is 13.2 Å². The van der Waals surface area contributed by atoms with Gasteiger partial charge in [0.15, 0.2) is 0 Å². The largest absolute Gasteiger partial charge is 0.478 e. The van der Waals surface area contributed by atoms with Gasteiger partial charge in [-0.1, -0.05) is 12.2 Å². The first-order valence-electron chi connectivity index (χ1n) is 5.35. The summed E-state index contributed by atoms with van der Waals surface area (Å²) in [5, 5.41) is 8.91. The van der Waals surface area contributed by atoms with Crippen LogP contribution in [0.1, 0.15) is 21.9 Å². The van der Waals surface area contributed by atoms with Gasteiger partial charge in [-0.25, -0.2) is 4.79 Å². The van der Waals surface area contributed by atoms with E-state index in [0.717, 1.165) is 0 Å². The molecule has 1 aromatic heterocycles. The molecule has 0 atom stereocenters. The lowest BCUT2D eigenvalue weighted by Gasteiger charge is -2.16. The zero-order chi connectivity index (χ0) is 12.8. The molecule has 0 bridgehead atoms. The standard InChI is InChI=1S/C13H17NO3/c1-4-6-14(7-5-2)9-11-8-12(13(15)16)10(3)17-11/h4-5,8H,1-2,6-7,9H2,3H3,(H,15,16). The molecule has 0 saturated carbocycles. The zero-order valence-electron chi connectivity index (χ0n) is 9.98. The van der Waals surface area contributed by atoms with Crippen LogP contribution in [0.15, 0.2) is 35.8 Å². The highest BCUT2D eigenvalue weighted by atomic mass is 16.4. The maximum atomic E-state index is 10.9. The van der Waals surface area contributed by atoms with Crippen LogP contribution in [0.5, 0.6) is 0 Å². The summed E-state index contributed by atoms with van der Waals surface area (Å²) in [5.74, 6) is 0.116. The van der Waals surface area contributed by atoms with E-state index >= 15 is 0 Å². The zero-order valence-corrected chi connectivity index (χ0v) is 9.98. The SMILES string of the molecule is C=CCN(CC=C)Cc1cc(C(=O)O)c(C)o1. The van der Waals surface area contributed by atoms with Gasteiger partial charge in [-0.2, -0.15) is 0 Å². The van der Waals surface area contributed by atoms with Crippen LogP contribution in [-0.4, -0.2) is 29.1 Å². The predicted octanol–water partition coefficient (Wildman–Crippen LogP) is 2.46. The van der Waals surface area contributed by atoms with E-state index in [1.807, 2.05) is 4.90 Å². The van der Waals surface area contributed by atoms with Gasteiger partial charge in [0, 0.05) is 13.1 Å². The van der Waals surface area contributed by atoms with E-state index in [9.17, 15) is 4.79 Å². The second-order valence-electron chi connectivity index (χ2n) is 3.76. The quantitative estimate of drug-likeness (QED) is 0.737. The van der Waals surface area contributed by atoms with Crippen molar-refractivity contribution in [2.75, 3.05) is 13.1 Å². The second kappa shape index (κ2) is 6.06. The number of carboxylic acids is 1. The van der Waals surface area contributed by atoms with E-state index in [1.54, 1.807) is 25.1 Å². The summed E-state index contributed by atoms with van der Waals surface area (Å²) in [6, 6.07) is 1.57. The average Bonchev–Trinajstić information content (AvgIpc) is 2.60. The highest BCUT2D eigenvalue weighted by Gasteiger charge is 2.14. The molecule has 1 heterocycles. The monoisotopic (exact) mass is 235 g/mol. The molecule has 0 spiro atoms. The molecule has 0 radical (unpaired) electrons. The molecule has 1 aromatic rings. The second-order valence-corrected chi connectivity index (χ2v) is 3.76. The third-order valence-corrected chi connectivity index (χ3v) is 2.35. The van der Waals surface area contributed by atoms with E-state index in [-0.39, 0.29) is 5.56 Å². The van der Waals surface area contributed by atoms with Crippen molar-refractivity contribution in [3.05, 3.63) is 48.5 Å². The first-order chi connectivity index (χ1) is 8.08. The average molecular weight is 235 g/mol. The van der Waals surface area contributed by atoms with Crippen molar-refractivity contribution in [2.45, 2.75) is 13.5 Å². The summed E-state index contributed by atoms with van der Waals surface area (Å²) >= 11 is 0. The lowest BCUT2D eigenvalue weighted by Crippen LogP contribution is -2.22. The highest BCUT2D eigenvalue weighted by molar-refractivity contribution is 5.88. The number of furan rings is 1. The highest BCUT2D eigenvalue weighted by Crippen LogP contribution is 2.16. The van der Waals surface area contributed by atoms with Crippen molar-refractivity contribution in [3.63, 3.8) is 0 Å². The molecule has 0 aliphatic rings. The summed E-state index contributed by atoms with van der Waals surface area (Å²) in [7, 11) is 0. The van der Waals surface area contributed by atoms with Crippen molar-refractivity contribution in [3.8, 4) is 0 Å². The molecule has 0 saturated heterocycles. The van der Waals surface area contributed by atoms with Crippen molar-refractivity contribution < 1.29 is 14.3 Å². The fourth-order valence-electron chi connectivity index (χ4n) is 1.62. The lowest BCUT2D eigenvalue weighted by molar-refractivity contribution is 0.0695. The van der Waals surface area contributed by atoms with Crippen LogP contribution in [0.2, 0.25) is 0 Å². The fourth-order valence-corrected chi connectivity index (χ4v) is 1.62. The van der Waals surface area contributed by atoms with E-state index in [0.29, 0.717) is 31.2 Å². The number of carboxylic acid groups (broad SMARTS) is 1. The third kappa shape index (κ3) is 3.60. The topological polar surface area (TPSA) is 53.7 Å². The van der Waals surface area contributed by atoms with Crippen LogP contribution in [0.4, 0.5) is 0 Å². The Labute approximate surface area is 101 Å². The Morgan fingerprint density at radius 2 is 2.06 bits per heavy atom. The number of carbonyl (C=O) groups is 1. The molecule has 0 aromatic carbocycles. The lowest BCUT2D eigenvalue weighted by atomic mass is 10.2. The summed E-state index contributed by atoms with van der Waals surface area (Å²) in [5.41, 5.74) is 0.220. The number of aromatic carboxylic acids is 1. The van der Waals surface area contributed by atoms with Gasteiger partial charge in [0.25, 0.3) is 0 Å². The van der Waals surface area contributed by atoms with Gasteiger partial charge in [0.05, 0.1) is 6.54 Å². The Kier molecular flexibility index (Phi) is 4.72. The van der Waals surface area contributed by atoms with Crippen LogP contribution in [0, 0.1) is 6.92 Å². The van der Waals surface area contributed by atoms with E-state index < -0.39 is 5.97 Å². The Balaban J connectivity index is 2.78. The minimum Gasteiger partial charge on any atom is -0.478 e. The van der Waals surface area contributed by atoms with Crippen LogP contribution < -0.4 is 0 Å². The van der Waals surface area contributed by atoms with Gasteiger partial charge in [-0.15, -0.1) is 13.2 Å². The van der Waals surface area contributed by atoms with Gasteiger partial charge in [-0.3, -0.25) is 4.90 Å². The Morgan fingerprint density at radius 1 is 1.47 bits per heavy atom. The molecule has 92 valence electrons. The Morgan fingerprint density at radius 3 is 2.47 bits per heavy atom. The molecular formula is C13H17NO3. The summed E-state index contributed by atoms with van der Waals surface area (Å²) in [6.45, 7) is 11.0. The molecule has 4 nitrogen and oxygen atoms in total. The molecule has 0 unspecified atom stereocenters. The molecule has 0 aliphatic heterocycles. The molecule has 0 amide bonds. The first kappa shape index (κ1) is 13.3. The van der Waals surface area contributed by atoms with Gasteiger partial charge in [-0.05, 0) is 13.0 Å². The van der Waals surface area contributed by atoms with Crippen LogP contribution in [0.25, 0.3) is 0 Å². The smallest absolute Gasteiger partial charge is 0.339 e. The number of aryl methyl sites for hydroxylation is 1. The van der Waals surface area contributed by atoms with Gasteiger partial charge in [0.1, 0.15) is 17.1 Å². The summed E-state index contributed by atoms with van der Waals surface area (Å²) in [4.78, 5) is 12.9. The molecule has 0 fully saturated rings. The van der Waals surface area contributed by atoms with Crippen molar-refractivity contribution in [1.29, 1.82) is 0 Å². The number of rotatable bonds is 7. The third-order valence-electron chi connectivity index (χ3n) is 2.35. The van der Waals surface area contributed by atoms with Gasteiger partial charge < -0.3 is 9.52 Å². The van der Waals surface area contributed by atoms with Gasteiger partial charge in [0.2, 0.25) is 0 Å². The van der Waals surface area contributed by atoms with Crippen molar-refractivity contribution in [2.24, 2.45) is 0 Å². The minimum atomic E-state index is -0.962. The number of hydrogen-bond acceptors (Lipinski definition) is 3. The maximum Gasteiger partial charge on any atom is 0.339 e. The number of nitrogens with zero attached hydrogens (tertiary/aromatic N) is 1. The normalized spacial score (nSPS) is 10.5. The van der Waals surface area contributed by atoms with Crippen LogP contribution in [0.3, 0.4) is 0 Å². The summed E-state index contributed by atoms with van der Waals surface area (Å²) < 4.78 is 5.41. The Bertz CT molecular complexity index is 410. The van der Waals surface area contributed by atoms with E-state index in [1.165, 1.54) is 0 Å². The predicted molar refractivity (Wildman–Crippen MR) is 66.1 cm³/mol. The van der Waals surface area contributed by atoms with Crippen LogP contribution >= 0.6 is 0 Å². The molecular weight excluding hydrogens is 218 g/mol. The molecule has 1 N–H and O–H groups in total. The molecule has 0 aliphatic carbocycles. The van der Waals surface area contributed by atoms with Crippen molar-refractivity contribution in [1.82, 2.24) is 4.90 Å². The molecule has 4 heteroatoms. The first-order valence-corrected chi connectivity index (χ1v) is 5.35. The maximum absolute atomic E-state index is 10.9. The van der Waals surface area contributed by atoms with Gasteiger partial charge >= 0.3 is 5.97 Å². The van der Waals surface area contributed by atoms with E-state index in [4.69, 9.17) is 9.52 Å². The number of hydrogen-bond donors (Lipinski definition) is 1. The summed E-state index contributed by atoms with van der Waals surface area (Å²) in [6.07, 6.45) is 3.58. The molecule has 1 rings (SSSR count). The van der Waals surface area contributed by atoms with Crippen molar-refractivity contribution >= 4 is 5.97 Å². The minimum absolute atomic E-state index is 0.220. The fraction of sp³-hybridized carbons (Fsp3) is 0.308. The Hall–Kier alpha value is -1.81. The molecule has 17 heavy (non-hydrogen) atoms. The van der Waals surface area contributed by atoms with Crippen LogP contribution in [-0.2, 0) is 6.54 Å².